The van der Waals surface area contributed by atoms with E-state index in [-0.39, 0.29) is 17.4 Å². The SMILES string of the molecule is N#Cc1cncc(-c2cnc(CCCCCCC(=O)c3ncco3)[nH]2)n1. The van der Waals surface area contributed by atoms with E-state index in [1.807, 2.05) is 6.07 Å². The molecule has 0 aromatic carbocycles. The maximum atomic E-state index is 11.7. The Morgan fingerprint density at radius 3 is 2.85 bits per heavy atom. The molecular weight excluding hydrogens is 332 g/mol. The highest BCUT2D eigenvalue weighted by molar-refractivity contribution is 5.91. The Bertz CT molecular complexity index is 895. The van der Waals surface area contributed by atoms with Crippen molar-refractivity contribution in [3.63, 3.8) is 0 Å². The lowest BCUT2D eigenvalue weighted by Gasteiger charge is -2.00. The maximum Gasteiger partial charge on any atom is 0.263 e. The quantitative estimate of drug-likeness (QED) is 0.465. The van der Waals surface area contributed by atoms with Gasteiger partial charge in [0.25, 0.3) is 5.89 Å². The molecule has 8 heteroatoms. The zero-order valence-corrected chi connectivity index (χ0v) is 14.2. The molecule has 1 N–H and O–H groups in total. The number of nitriles is 1. The summed E-state index contributed by atoms with van der Waals surface area (Å²) in [4.78, 5) is 31.3. The van der Waals surface area contributed by atoms with E-state index in [0.717, 1.165) is 43.6 Å². The second kappa shape index (κ2) is 8.67. The number of oxazole rings is 1. The van der Waals surface area contributed by atoms with Crippen molar-refractivity contribution in [2.24, 2.45) is 0 Å². The lowest BCUT2D eigenvalue weighted by atomic mass is 10.1. The van der Waals surface area contributed by atoms with Gasteiger partial charge in [-0.1, -0.05) is 12.8 Å². The summed E-state index contributed by atoms with van der Waals surface area (Å²) in [6, 6.07) is 1.97. The fourth-order valence-corrected chi connectivity index (χ4v) is 2.57. The number of carbonyl (C=O) groups is 1. The molecule has 0 unspecified atom stereocenters. The molecule has 3 aromatic rings. The van der Waals surface area contributed by atoms with Crippen molar-refractivity contribution in [2.45, 2.75) is 38.5 Å². The van der Waals surface area contributed by atoms with Crippen LogP contribution in [0, 0.1) is 11.3 Å². The Labute approximate surface area is 150 Å². The third-order valence-electron chi connectivity index (χ3n) is 3.89. The Balaban J connectivity index is 1.38. The van der Waals surface area contributed by atoms with E-state index in [2.05, 4.69) is 24.9 Å². The molecule has 3 rings (SSSR count). The summed E-state index contributed by atoms with van der Waals surface area (Å²) in [5, 5.41) is 8.88. The smallest absolute Gasteiger partial charge is 0.263 e. The van der Waals surface area contributed by atoms with Crippen LogP contribution in [-0.2, 0) is 6.42 Å². The van der Waals surface area contributed by atoms with E-state index >= 15 is 0 Å². The van der Waals surface area contributed by atoms with Gasteiger partial charge in [0.2, 0.25) is 5.78 Å². The third-order valence-corrected chi connectivity index (χ3v) is 3.89. The molecule has 0 aliphatic rings. The summed E-state index contributed by atoms with van der Waals surface area (Å²) in [6.07, 6.45) is 12.7. The Hall–Kier alpha value is -3.34. The molecule has 8 nitrogen and oxygen atoms in total. The zero-order chi connectivity index (χ0) is 18.2. The average molecular weight is 350 g/mol. The molecule has 0 spiro atoms. The number of nitrogens with zero attached hydrogens (tertiary/aromatic N) is 5. The van der Waals surface area contributed by atoms with Crippen LogP contribution in [0.2, 0.25) is 0 Å². The zero-order valence-electron chi connectivity index (χ0n) is 14.2. The van der Waals surface area contributed by atoms with Gasteiger partial charge in [0, 0.05) is 12.8 Å². The number of hydrogen-bond donors (Lipinski definition) is 1. The highest BCUT2D eigenvalue weighted by Gasteiger charge is 2.10. The van der Waals surface area contributed by atoms with Crippen molar-refractivity contribution >= 4 is 5.78 Å². The Morgan fingerprint density at radius 2 is 2.04 bits per heavy atom. The van der Waals surface area contributed by atoms with Gasteiger partial charge in [0.1, 0.15) is 23.9 Å². The molecule has 0 bridgehead atoms. The van der Waals surface area contributed by atoms with Gasteiger partial charge in [-0.2, -0.15) is 5.26 Å². The van der Waals surface area contributed by atoms with Gasteiger partial charge in [-0.15, -0.1) is 0 Å². The molecule has 0 aliphatic heterocycles. The van der Waals surface area contributed by atoms with Crippen molar-refractivity contribution in [1.29, 1.82) is 5.26 Å². The predicted molar refractivity (Wildman–Crippen MR) is 92.0 cm³/mol. The molecule has 0 amide bonds. The van der Waals surface area contributed by atoms with E-state index < -0.39 is 0 Å². The van der Waals surface area contributed by atoms with E-state index in [1.165, 1.54) is 18.7 Å². The first-order chi connectivity index (χ1) is 12.8. The number of carbonyl (C=O) groups excluding carboxylic acids is 1. The lowest BCUT2D eigenvalue weighted by molar-refractivity contribution is 0.0945. The molecule has 0 saturated heterocycles. The van der Waals surface area contributed by atoms with Crippen molar-refractivity contribution in [3.8, 4) is 17.5 Å². The normalized spacial score (nSPS) is 10.6. The van der Waals surface area contributed by atoms with Crippen LogP contribution in [0.3, 0.4) is 0 Å². The van der Waals surface area contributed by atoms with Crippen molar-refractivity contribution in [3.05, 3.63) is 48.5 Å². The second-order valence-corrected chi connectivity index (χ2v) is 5.82. The molecule has 132 valence electrons. The van der Waals surface area contributed by atoms with E-state index in [4.69, 9.17) is 9.68 Å². The number of aromatic amines is 1. The number of aryl methyl sites for hydroxylation is 1. The van der Waals surface area contributed by atoms with Gasteiger partial charge in [-0.05, 0) is 12.8 Å². The van der Waals surface area contributed by atoms with Crippen LogP contribution in [-0.4, -0.2) is 30.7 Å². The van der Waals surface area contributed by atoms with E-state index in [9.17, 15) is 4.79 Å². The summed E-state index contributed by atoms with van der Waals surface area (Å²) >= 11 is 0. The Kier molecular flexibility index (Phi) is 5.83. The second-order valence-electron chi connectivity index (χ2n) is 5.82. The standard InChI is InChI=1S/C18H18N6O2/c19-9-13-10-20-11-14(23-13)15-12-22-17(24-15)6-4-2-1-3-5-16(25)18-21-7-8-26-18/h7-8,10-12H,1-6H2,(H,22,24). The molecular formula is C18H18N6O2. The highest BCUT2D eigenvalue weighted by atomic mass is 16.3. The highest BCUT2D eigenvalue weighted by Crippen LogP contribution is 2.15. The number of nitrogens with one attached hydrogen (secondary N) is 1. The molecule has 3 aromatic heterocycles. The van der Waals surface area contributed by atoms with Crippen molar-refractivity contribution in [1.82, 2.24) is 24.9 Å². The van der Waals surface area contributed by atoms with Crippen molar-refractivity contribution in [2.75, 3.05) is 0 Å². The lowest BCUT2D eigenvalue weighted by Crippen LogP contribution is -1.99. The first-order valence-electron chi connectivity index (χ1n) is 8.45. The largest absolute Gasteiger partial charge is 0.442 e. The number of hydrogen-bond acceptors (Lipinski definition) is 7. The number of aromatic nitrogens is 5. The van der Waals surface area contributed by atoms with Gasteiger partial charge in [-0.25, -0.2) is 15.0 Å². The minimum atomic E-state index is -0.0496. The van der Waals surface area contributed by atoms with Gasteiger partial charge >= 0.3 is 0 Å². The molecule has 3 heterocycles. The topological polar surface area (TPSA) is 121 Å². The van der Waals surface area contributed by atoms with Gasteiger partial charge in [0.15, 0.2) is 5.69 Å². The van der Waals surface area contributed by atoms with Crippen LogP contribution in [0.4, 0.5) is 0 Å². The molecule has 0 aliphatic carbocycles. The van der Waals surface area contributed by atoms with E-state index in [1.54, 1.807) is 12.4 Å². The molecule has 0 fully saturated rings. The van der Waals surface area contributed by atoms with Crippen LogP contribution < -0.4 is 0 Å². The molecule has 26 heavy (non-hydrogen) atoms. The number of imidazole rings is 1. The third kappa shape index (κ3) is 4.60. The number of rotatable bonds is 9. The summed E-state index contributed by atoms with van der Waals surface area (Å²) in [5.74, 6) is 1.02. The number of Topliss-reactive ketones (excluding diaryl/α,β-unsaturated/α-hetero) is 1. The molecule has 0 saturated carbocycles. The summed E-state index contributed by atoms with van der Waals surface area (Å²) in [7, 11) is 0. The minimum Gasteiger partial charge on any atom is -0.442 e. The van der Waals surface area contributed by atoms with Crippen LogP contribution >= 0.6 is 0 Å². The first-order valence-corrected chi connectivity index (χ1v) is 8.45. The first kappa shape index (κ1) is 17.5. The maximum absolute atomic E-state index is 11.7. The minimum absolute atomic E-state index is 0.0496. The van der Waals surface area contributed by atoms with Gasteiger partial charge < -0.3 is 9.40 Å². The fourth-order valence-electron chi connectivity index (χ4n) is 2.57. The van der Waals surface area contributed by atoms with Crippen LogP contribution in [0.25, 0.3) is 11.4 Å². The summed E-state index contributed by atoms with van der Waals surface area (Å²) < 4.78 is 4.98. The van der Waals surface area contributed by atoms with Crippen molar-refractivity contribution < 1.29 is 9.21 Å². The van der Waals surface area contributed by atoms with E-state index in [0.29, 0.717) is 12.1 Å². The monoisotopic (exact) mass is 350 g/mol. The Morgan fingerprint density at radius 1 is 1.15 bits per heavy atom. The summed E-state index contributed by atoms with van der Waals surface area (Å²) in [6.45, 7) is 0. The van der Waals surface area contributed by atoms with Gasteiger partial charge in [0.05, 0.1) is 30.5 Å². The predicted octanol–water partition coefficient (Wildman–Crippen LogP) is 3.10. The number of ketones is 1. The number of H-pyrrole nitrogens is 1. The fraction of sp³-hybridized carbons (Fsp3) is 0.333. The summed E-state index contributed by atoms with van der Waals surface area (Å²) in [5.41, 5.74) is 1.63. The van der Waals surface area contributed by atoms with Crippen LogP contribution in [0.1, 0.15) is 54.3 Å². The molecule has 0 radical (unpaired) electrons. The van der Waals surface area contributed by atoms with Crippen LogP contribution in [0.15, 0.2) is 35.5 Å². The number of unbranched alkanes of at least 4 members (excludes halogenated alkanes) is 3. The average Bonchev–Trinajstić information content (AvgIpc) is 3.36. The molecule has 0 atom stereocenters. The van der Waals surface area contributed by atoms with Crippen LogP contribution in [0.5, 0.6) is 0 Å². The van der Waals surface area contributed by atoms with Gasteiger partial charge in [-0.3, -0.25) is 9.78 Å².